The van der Waals surface area contributed by atoms with E-state index in [0.29, 0.717) is 17.1 Å². The van der Waals surface area contributed by atoms with Gasteiger partial charge in [0.15, 0.2) is 17.6 Å². The minimum Gasteiger partial charge on any atom is -0.497 e. The molecule has 0 radical (unpaired) electrons. The monoisotopic (exact) mass is 505 g/mol. The van der Waals surface area contributed by atoms with Crippen LogP contribution >= 0.6 is 0 Å². The molecule has 3 aromatic rings. The van der Waals surface area contributed by atoms with Gasteiger partial charge in [0.1, 0.15) is 17.7 Å². The molecular weight excluding hydrogens is 482 g/mol. The van der Waals surface area contributed by atoms with Crippen molar-refractivity contribution >= 4 is 28.9 Å². The van der Waals surface area contributed by atoms with Crippen LogP contribution in [0, 0.1) is 16.0 Å². The predicted molar refractivity (Wildman–Crippen MR) is 132 cm³/mol. The number of nitrogens with zero attached hydrogens (tertiary/aromatic N) is 3. The molecule has 0 N–H and O–H groups in total. The number of hydroxylamine groups is 1. The third kappa shape index (κ3) is 3.89. The fourth-order valence-electron chi connectivity index (χ4n) is 4.81. The number of para-hydroxylation sites is 1. The SMILES string of the molecule is COc1cccc(N2C(=O)[C@H]3[C@H](ON(c4ccccc4)[C@H]3c3cc(OC)c(OC)cc3[N+](=O)[O-])C2=O)c1. The van der Waals surface area contributed by atoms with Crippen LogP contribution in [0.4, 0.5) is 17.1 Å². The van der Waals surface area contributed by atoms with Gasteiger partial charge in [-0.1, -0.05) is 24.3 Å². The molecule has 11 nitrogen and oxygen atoms in total. The van der Waals surface area contributed by atoms with Crippen LogP contribution < -0.4 is 24.2 Å². The number of hydrogen-bond donors (Lipinski definition) is 0. The Morgan fingerprint density at radius 1 is 0.838 bits per heavy atom. The van der Waals surface area contributed by atoms with E-state index in [9.17, 15) is 19.7 Å². The lowest BCUT2D eigenvalue weighted by Crippen LogP contribution is -2.37. The molecule has 37 heavy (non-hydrogen) atoms. The van der Waals surface area contributed by atoms with E-state index in [1.165, 1.54) is 38.5 Å². The van der Waals surface area contributed by atoms with Gasteiger partial charge in [-0.3, -0.25) is 24.5 Å². The molecular formula is C26H23N3O8. The van der Waals surface area contributed by atoms with E-state index in [2.05, 4.69) is 0 Å². The molecule has 0 aromatic heterocycles. The number of carbonyl (C=O) groups is 2. The van der Waals surface area contributed by atoms with Crippen molar-refractivity contribution in [3.63, 3.8) is 0 Å². The van der Waals surface area contributed by atoms with Crippen molar-refractivity contribution in [2.75, 3.05) is 31.3 Å². The van der Waals surface area contributed by atoms with Gasteiger partial charge in [0.05, 0.1) is 49.3 Å². The Bertz CT molecular complexity index is 1380. The molecule has 11 heteroatoms. The summed E-state index contributed by atoms with van der Waals surface area (Å²) in [5.41, 5.74) is 0.694. The first-order chi connectivity index (χ1) is 17.9. The predicted octanol–water partition coefficient (Wildman–Crippen LogP) is 3.67. The number of hydrogen-bond acceptors (Lipinski definition) is 9. The zero-order valence-corrected chi connectivity index (χ0v) is 20.2. The van der Waals surface area contributed by atoms with Crippen molar-refractivity contribution in [2.24, 2.45) is 5.92 Å². The number of anilines is 2. The summed E-state index contributed by atoms with van der Waals surface area (Å²) in [5, 5.41) is 13.5. The van der Waals surface area contributed by atoms with Crippen molar-refractivity contribution < 1.29 is 33.6 Å². The topological polar surface area (TPSA) is 121 Å². The summed E-state index contributed by atoms with van der Waals surface area (Å²) in [6.45, 7) is 0. The van der Waals surface area contributed by atoms with Crippen molar-refractivity contribution in [1.82, 2.24) is 0 Å². The van der Waals surface area contributed by atoms with Crippen LogP contribution in [-0.4, -0.2) is 44.2 Å². The van der Waals surface area contributed by atoms with Gasteiger partial charge in [-0.15, -0.1) is 0 Å². The quantitative estimate of drug-likeness (QED) is 0.269. The van der Waals surface area contributed by atoms with Gasteiger partial charge < -0.3 is 14.2 Å². The van der Waals surface area contributed by atoms with Crippen LogP contribution in [0.2, 0.25) is 0 Å². The largest absolute Gasteiger partial charge is 0.497 e. The normalized spacial score (nSPS) is 20.7. The highest BCUT2D eigenvalue weighted by atomic mass is 16.7. The van der Waals surface area contributed by atoms with Crippen molar-refractivity contribution in [3.05, 3.63) is 82.4 Å². The van der Waals surface area contributed by atoms with E-state index in [0.717, 1.165) is 4.90 Å². The van der Waals surface area contributed by atoms with Gasteiger partial charge in [-0.05, 0) is 30.3 Å². The van der Waals surface area contributed by atoms with Gasteiger partial charge in [-0.2, -0.15) is 0 Å². The molecule has 2 aliphatic rings. The standard InChI is InChI=1S/C26H23N3O8/c1-34-17-11-7-10-16(12-17)27-25(30)22-23(18-13-20(35-2)21(36-3)14-19(18)29(32)33)28(37-24(22)26(27)31)15-8-5-4-6-9-15/h4-14,22-24H,1-3H3/t22-,23+,24+/m1/s1. The number of methoxy groups -OCH3 is 3. The molecule has 5 rings (SSSR count). The summed E-state index contributed by atoms with van der Waals surface area (Å²) in [7, 11) is 4.26. The second kappa shape index (κ2) is 9.43. The van der Waals surface area contributed by atoms with Gasteiger partial charge in [-0.25, -0.2) is 9.96 Å². The minimum atomic E-state index is -1.20. The number of rotatable bonds is 7. The molecule has 0 unspecified atom stereocenters. The van der Waals surface area contributed by atoms with Gasteiger partial charge in [0.25, 0.3) is 11.6 Å². The maximum atomic E-state index is 13.8. The van der Waals surface area contributed by atoms with Crippen LogP contribution in [-0.2, 0) is 14.4 Å². The third-order valence-electron chi connectivity index (χ3n) is 6.49. The Morgan fingerprint density at radius 3 is 2.16 bits per heavy atom. The molecule has 2 amide bonds. The molecule has 0 saturated carbocycles. The van der Waals surface area contributed by atoms with E-state index < -0.39 is 34.8 Å². The number of benzene rings is 3. The Balaban J connectivity index is 1.68. The molecule has 2 saturated heterocycles. The molecule has 0 spiro atoms. The maximum absolute atomic E-state index is 13.8. The fraction of sp³-hybridized carbons (Fsp3) is 0.231. The lowest BCUT2D eigenvalue weighted by molar-refractivity contribution is -0.385. The van der Waals surface area contributed by atoms with Crippen LogP contribution in [0.3, 0.4) is 0 Å². The molecule has 190 valence electrons. The highest BCUT2D eigenvalue weighted by Gasteiger charge is 2.61. The van der Waals surface area contributed by atoms with E-state index in [1.54, 1.807) is 54.6 Å². The average molecular weight is 505 g/mol. The van der Waals surface area contributed by atoms with Crippen LogP contribution in [0.5, 0.6) is 17.2 Å². The Morgan fingerprint density at radius 2 is 1.51 bits per heavy atom. The zero-order chi connectivity index (χ0) is 26.3. The van der Waals surface area contributed by atoms with E-state index in [1.807, 2.05) is 0 Å². The Kier molecular flexibility index (Phi) is 6.14. The van der Waals surface area contributed by atoms with Gasteiger partial charge in [0.2, 0.25) is 5.91 Å². The number of ether oxygens (including phenoxy) is 3. The van der Waals surface area contributed by atoms with Crippen molar-refractivity contribution in [3.8, 4) is 17.2 Å². The smallest absolute Gasteiger partial charge is 0.278 e. The highest BCUT2D eigenvalue weighted by molar-refractivity contribution is 6.24. The number of carbonyl (C=O) groups excluding carboxylic acids is 2. The molecule has 0 bridgehead atoms. The summed E-state index contributed by atoms with van der Waals surface area (Å²) in [5.74, 6) is -1.33. The third-order valence-corrected chi connectivity index (χ3v) is 6.49. The molecule has 0 aliphatic carbocycles. The van der Waals surface area contributed by atoms with Gasteiger partial charge in [0, 0.05) is 6.07 Å². The molecule has 2 fully saturated rings. The average Bonchev–Trinajstić information content (AvgIpc) is 3.43. The highest BCUT2D eigenvalue weighted by Crippen LogP contribution is 2.51. The fourth-order valence-corrected chi connectivity index (χ4v) is 4.81. The number of amides is 2. The van der Waals surface area contributed by atoms with E-state index in [-0.39, 0.29) is 22.7 Å². The number of imide groups is 1. The first kappa shape index (κ1) is 24.1. The lowest BCUT2D eigenvalue weighted by Gasteiger charge is -2.29. The summed E-state index contributed by atoms with van der Waals surface area (Å²) in [4.78, 5) is 46.1. The first-order valence-electron chi connectivity index (χ1n) is 11.3. The number of fused-ring (bicyclic) bond motifs is 1. The molecule has 2 heterocycles. The number of nitro groups is 1. The number of nitro benzene ring substituents is 1. The van der Waals surface area contributed by atoms with Gasteiger partial charge >= 0.3 is 0 Å². The maximum Gasteiger partial charge on any atom is 0.278 e. The second-order valence-corrected chi connectivity index (χ2v) is 8.39. The zero-order valence-electron chi connectivity index (χ0n) is 20.2. The van der Waals surface area contributed by atoms with Crippen LogP contribution in [0.1, 0.15) is 11.6 Å². The summed E-state index contributed by atoms with van der Waals surface area (Å²) < 4.78 is 15.9. The lowest BCUT2D eigenvalue weighted by atomic mass is 9.89. The molecule has 3 atom stereocenters. The Hall–Kier alpha value is -4.64. The molecule has 2 aliphatic heterocycles. The van der Waals surface area contributed by atoms with E-state index in [4.69, 9.17) is 19.0 Å². The second-order valence-electron chi connectivity index (χ2n) is 8.39. The van der Waals surface area contributed by atoms with Crippen LogP contribution in [0.25, 0.3) is 0 Å². The summed E-state index contributed by atoms with van der Waals surface area (Å²) >= 11 is 0. The first-order valence-corrected chi connectivity index (χ1v) is 11.3. The van der Waals surface area contributed by atoms with Crippen LogP contribution in [0.15, 0.2) is 66.7 Å². The van der Waals surface area contributed by atoms with Crippen molar-refractivity contribution in [2.45, 2.75) is 12.1 Å². The summed E-state index contributed by atoms with van der Waals surface area (Å²) in [6, 6.07) is 17.0. The summed E-state index contributed by atoms with van der Waals surface area (Å²) in [6.07, 6.45) is -1.20. The molecule has 3 aromatic carbocycles. The Labute approximate surface area is 211 Å². The minimum absolute atomic E-state index is 0.146. The van der Waals surface area contributed by atoms with E-state index >= 15 is 0 Å². The van der Waals surface area contributed by atoms with Crippen molar-refractivity contribution in [1.29, 1.82) is 0 Å².